The van der Waals surface area contributed by atoms with E-state index in [0.717, 1.165) is 64.2 Å². The van der Waals surface area contributed by atoms with E-state index in [-0.39, 0.29) is 31.3 Å². The zero-order valence-electron chi connectivity index (χ0n) is 31.8. The molecule has 0 aliphatic heterocycles. The van der Waals surface area contributed by atoms with Crippen LogP contribution < -0.4 is 0 Å². The highest BCUT2D eigenvalue weighted by atomic mass is 31.2. The van der Waals surface area contributed by atoms with E-state index in [1.54, 1.807) is 6.08 Å². The van der Waals surface area contributed by atoms with Crippen molar-refractivity contribution < 1.29 is 53.3 Å². The van der Waals surface area contributed by atoms with Crippen LogP contribution in [0.1, 0.15) is 174 Å². The van der Waals surface area contributed by atoms with Crippen LogP contribution in [0.2, 0.25) is 0 Å². The predicted octanol–water partition coefficient (Wildman–Crippen LogP) is 8.23. The molecule has 0 aromatic carbocycles. The van der Waals surface area contributed by atoms with Gasteiger partial charge in [-0.15, -0.1) is 0 Å². The molecule has 1 saturated carbocycles. The number of rotatable bonds is 33. The van der Waals surface area contributed by atoms with Crippen molar-refractivity contribution >= 4 is 19.8 Å². The van der Waals surface area contributed by atoms with Crippen LogP contribution in [-0.4, -0.2) is 74.7 Å². The molecule has 0 bridgehead atoms. The fourth-order valence-corrected chi connectivity index (χ4v) is 7.18. The van der Waals surface area contributed by atoms with Gasteiger partial charge in [0.1, 0.15) is 6.61 Å². The summed E-state index contributed by atoms with van der Waals surface area (Å²) in [6, 6.07) is 0. The van der Waals surface area contributed by atoms with E-state index in [9.17, 15) is 29.5 Å². The van der Waals surface area contributed by atoms with E-state index in [1.807, 2.05) is 6.08 Å². The minimum atomic E-state index is -4.80. The van der Waals surface area contributed by atoms with Crippen molar-refractivity contribution in [2.75, 3.05) is 13.2 Å². The van der Waals surface area contributed by atoms with Crippen LogP contribution in [0.15, 0.2) is 12.2 Å². The van der Waals surface area contributed by atoms with E-state index >= 15 is 0 Å². The lowest BCUT2D eigenvalue weighted by atomic mass is 9.88. The third kappa shape index (κ3) is 26.1. The van der Waals surface area contributed by atoms with Crippen LogP contribution in [0.3, 0.4) is 0 Å². The van der Waals surface area contributed by atoms with Crippen molar-refractivity contribution in [3.8, 4) is 0 Å². The largest absolute Gasteiger partial charge is 0.469 e. The third-order valence-electron chi connectivity index (χ3n) is 9.88. The van der Waals surface area contributed by atoms with Crippen LogP contribution in [0.25, 0.3) is 0 Å². The number of ether oxygens (including phenoxy) is 2. The van der Waals surface area contributed by atoms with E-state index in [2.05, 4.69) is 18.4 Å². The molecule has 6 atom stereocenters. The van der Waals surface area contributed by atoms with Crippen LogP contribution in [-0.2, 0) is 28.2 Å². The Hall–Kier alpha value is -1.33. The topological polar surface area (TPSA) is 180 Å². The highest BCUT2D eigenvalue weighted by Crippen LogP contribution is 2.38. The SMILES string of the molecule is CCCCCCCCCCCCCCCC(=O)O[C@H](COC(=O)CCCCCC[C@@H]1[C@@H](/C=C/[C@@H](O)CCCCC)[C@H](O)C[C@@H]1O)COP(=O)(O)O. The second-order valence-electron chi connectivity index (χ2n) is 14.6. The fourth-order valence-electron chi connectivity index (χ4n) is 6.82. The maximum atomic E-state index is 12.4. The first kappa shape index (κ1) is 47.7. The van der Waals surface area contributed by atoms with Crippen LogP contribution in [0.4, 0.5) is 0 Å². The van der Waals surface area contributed by atoms with Gasteiger partial charge >= 0.3 is 19.8 Å². The molecule has 1 aliphatic carbocycles. The monoisotopic (exact) mass is 748 g/mol. The van der Waals surface area contributed by atoms with Gasteiger partial charge in [0.05, 0.1) is 24.9 Å². The number of phosphoric acid groups is 1. The Labute approximate surface area is 308 Å². The zero-order chi connectivity index (χ0) is 37.7. The smallest absolute Gasteiger partial charge is 0.462 e. The molecule has 51 heavy (non-hydrogen) atoms. The summed E-state index contributed by atoms with van der Waals surface area (Å²) in [5.74, 6) is -1.29. The fraction of sp³-hybridized carbons (Fsp3) is 0.897. The van der Waals surface area contributed by atoms with E-state index < -0.39 is 50.8 Å². The molecule has 12 heteroatoms. The first-order valence-corrected chi connectivity index (χ1v) is 21.8. The summed E-state index contributed by atoms with van der Waals surface area (Å²) < 4.78 is 26.4. The summed E-state index contributed by atoms with van der Waals surface area (Å²) in [6.45, 7) is 3.41. The molecule has 1 rings (SSSR count). The van der Waals surface area contributed by atoms with Crippen molar-refractivity contribution in [1.82, 2.24) is 0 Å². The third-order valence-corrected chi connectivity index (χ3v) is 10.4. The molecule has 0 heterocycles. The van der Waals surface area contributed by atoms with E-state index in [1.165, 1.54) is 57.8 Å². The van der Waals surface area contributed by atoms with Gasteiger partial charge in [0.25, 0.3) is 0 Å². The van der Waals surface area contributed by atoms with Gasteiger partial charge in [-0.05, 0) is 31.6 Å². The minimum absolute atomic E-state index is 0.0800. The quantitative estimate of drug-likeness (QED) is 0.0189. The second-order valence-corrected chi connectivity index (χ2v) is 15.8. The number of aliphatic hydroxyl groups excluding tert-OH is 3. The Balaban J connectivity index is 2.28. The maximum Gasteiger partial charge on any atom is 0.469 e. The Kier molecular flexibility index (Phi) is 28.1. The predicted molar refractivity (Wildman–Crippen MR) is 200 cm³/mol. The summed E-state index contributed by atoms with van der Waals surface area (Å²) >= 11 is 0. The summed E-state index contributed by atoms with van der Waals surface area (Å²) in [4.78, 5) is 43.0. The summed E-state index contributed by atoms with van der Waals surface area (Å²) in [7, 11) is -4.80. The van der Waals surface area contributed by atoms with Gasteiger partial charge in [-0.2, -0.15) is 0 Å². The highest BCUT2D eigenvalue weighted by molar-refractivity contribution is 7.46. The van der Waals surface area contributed by atoms with Gasteiger partial charge < -0.3 is 34.6 Å². The number of phosphoric ester groups is 1. The van der Waals surface area contributed by atoms with Crippen molar-refractivity contribution in [3.05, 3.63) is 12.2 Å². The molecular formula is C39H73O11P. The van der Waals surface area contributed by atoms with Crippen molar-refractivity contribution in [1.29, 1.82) is 0 Å². The molecule has 0 aromatic rings. The molecule has 0 saturated heterocycles. The first-order chi connectivity index (χ1) is 24.5. The molecular weight excluding hydrogens is 675 g/mol. The lowest BCUT2D eigenvalue weighted by Crippen LogP contribution is -2.29. The first-order valence-electron chi connectivity index (χ1n) is 20.2. The van der Waals surface area contributed by atoms with Gasteiger partial charge in [-0.1, -0.05) is 142 Å². The highest BCUT2D eigenvalue weighted by Gasteiger charge is 2.39. The lowest BCUT2D eigenvalue weighted by Gasteiger charge is -2.21. The molecule has 1 aliphatic rings. The average molecular weight is 749 g/mol. The molecule has 0 unspecified atom stereocenters. The van der Waals surface area contributed by atoms with Crippen molar-refractivity contribution in [3.63, 3.8) is 0 Å². The van der Waals surface area contributed by atoms with Gasteiger partial charge in [-0.25, -0.2) is 4.57 Å². The van der Waals surface area contributed by atoms with Crippen LogP contribution >= 0.6 is 7.82 Å². The van der Waals surface area contributed by atoms with Gasteiger partial charge in [0.15, 0.2) is 6.10 Å². The molecule has 1 fully saturated rings. The molecule has 300 valence electrons. The number of carbonyl (C=O) groups is 2. The summed E-state index contributed by atoms with van der Waals surface area (Å²) in [5, 5.41) is 31.2. The molecule has 0 radical (unpaired) electrons. The number of unbranched alkanes of at least 4 members (excludes halogenated alkanes) is 17. The Bertz CT molecular complexity index is 955. The summed E-state index contributed by atoms with van der Waals surface area (Å²) in [5.41, 5.74) is 0. The van der Waals surface area contributed by atoms with Crippen molar-refractivity contribution in [2.45, 2.75) is 199 Å². The van der Waals surface area contributed by atoms with Crippen molar-refractivity contribution in [2.24, 2.45) is 11.8 Å². The Morgan fingerprint density at radius 3 is 1.78 bits per heavy atom. The van der Waals surface area contributed by atoms with E-state index in [0.29, 0.717) is 25.7 Å². The zero-order valence-corrected chi connectivity index (χ0v) is 32.7. The van der Waals surface area contributed by atoms with Gasteiger partial charge in [0.2, 0.25) is 0 Å². The van der Waals surface area contributed by atoms with Gasteiger partial charge in [-0.3, -0.25) is 14.1 Å². The van der Waals surface area contributed by atoms with Gasteiger partial charge in [0, 0.05) is 25.2 Å². The number of carbonyl (C=O) groups excluding carboxylic acids is 2. The molecule has 0 amide bonds. The number of hydrogen-bond donors (Lipinski definition) is 5. The second kappa shape index (κ2) is 30.0. The number of aliphatic hydroxyl groups is 3. The molecule has 5 N–H and O–H groups in total. The van der Waals surface area contributed by atoms with Crippen LogP contribution in [0, 0.1) is 11.8 Å². The maximum absolute atomic E-state index is 12.4. The van der Waals surface area contributed by atoms with Crippen LogP contribution in [0.5, 0.6) is 0 Å². The molecule has 0 aromatic heterocycles. The molecule has 0 spiro atoms. The normalized spacial score (nSPS) is 20.5. The minimum Gasteiger partial charge on any atom is -0.462 e. The Morgan fingerprint density at radius 1 is 0.706 bits per heavy atom. The number of esters is 2. The molecule has 11 nitrogen and oxygen atoms in total. The Morgan fingerprint density at radius 2 is 1.22 bits per heavy atom. The standard InChI is InChI=1S/C39H73O11P/c1-3-5-7-8-9-10-11-12-13-14-15-16-22-26-39(44)50-33(31-49-51(45,46)47)30-48-38(43)25-21-18-17-20-24-34-35(37(42)29-36(34)41)28-27-32(40)23-19-6-4-2/h27-28,32-37,40-42H,3-26,29-31H2,1-2H3,(H2,45,46,47)/b28-27+/t32-,33+,34+,35+,36-,37+/m0/s1. The lowest BCUT2D eigenvalue weighted by molar-refractivity contribution is -0.161. The number of hydrogen-bond acceptors (Lipinski definition) is 9. The van der Waals surface area contributed by atoms with E-state index in [4.69, 9.17) is 19.3 Å². The average Bonchev–Trinajstić information content (AvgIpc) is 3.35. The summed E-state index contributed by atoms with van der Waals surface area (Å²) in [6.07, 6.45) is 24.3.